The van der Waals surface area contributed by atoms with E-state index < -0.39 is 15.9 Å². The zero-order valence-electron chi connectivity index (χ0n) is 12.0. The fourth-order valence-corrected chi connectivity index (χ4v) is 2.76. The van der Waals surface area contributed by atoms with E-state index in [0.717, 1.165) is 12.1 Å². The number of rotatable bonds is 4. The lowest BCUT2D eigenvalue weighted by Gasteiger charge is -2.09. The van der Waals surface area contributed by atoms with Gasteiger partial charge in [0.05, 0.1) is 0 Å². The molecule has 0 heterocycles. The van der Waals surface area contributed by atoms with Crippen molar-refractivity contribution in [2.75, 3.05) is 5.32 Å². The maximum atomic E-state index is 13.2. The fraction of sp³-hybridized carbons (Fsp3) is 0.133. The van der Waals surface area contributed by atoms with Crippen molar-refractivity contribution < 1.29 is 21.8 Å². The van der Waals surface area contributed by atoms with Gasteiger partial charge in [0, 0.05) is 12.6 Å². The van der Waals surface area contributed by atoms with Crippen molar-refractivity contribution in [1.29, 1.82) is 0 Å². The van der Waals surface area contributed by atoms with Crippen molar-refractivity contribution in [3.8, 4) is 5.75 Å². The molecule has 22 heavy (non-hydrogen) atoms. The molecule has 1 amide bonds. The molecule has 0 fully saturated rings. The van der Waals surface area contributed by atoms with Crippen LogP contribution >= 0.6 is 0 Å². The van der Waals surface area contributed by atoms with Gasteiger partial charge in [-0.05, 0) is 55.0 Å². The lowest BCUT2D eigenvalue weighted by molar-refractivity contribution is -0.114. The molecule has 7 heteroatoms. The van der Waals surface area contributed by atoms with Crippen LogP contribution in [0.2, 0.25) is 0 Å². The van der Waals surface area contributed by atoms with Crippen LogP contribution in [0.15, 0.2) is 47.4 Å². The third kappa shape index (κ3) is 3.82. The van der Waals surface area contributed by atoms with Crippen molar-refractivity contribution in [1.82, 2.24) is 0 Å². The summed E-state index contributed by atoms with van der Waals surface area (Å²) in [5.41, 5.74) is 0.737. The average Bonchev–Trinajstić information content (AvgIpc) is 2.43. The summed E-state index contributed by atoms with van der Waals surface area (Å²) in [6.07, 6.45) is 0. The predicted octanol–water partition coefficient (Wildman–Crippen LogP) is 2.86. The number of hydrogen-bond acceptors (Lipinski definition) is 4. The number of carbonyl (C=O) groups excluding carboxylic acids is 1. The fourth-order valence-electron chi connectivity index (χ4n) is 1.74. The molecule has 116 valence electrons. The highest BCUT2D eigenvalue weighted by Crippen LogP contribution is 2.22. The Bertz CT molecular complexity index is 801. The predicted molar refractivity (Wildman–Crippen MR) is 79.7 cm³/mol. The first kappa shape index (κ1) is 16.0. The first-order chi connectivity index (χ1) is 10.3. The van der Waals surface area contributed by atoms with E-state index in [4.69, 9.17) is 4.18 Å². The molecule has 0 aliphatic carbocycles. The summed E-state index contributed by atoms with van der Waals surface area (Å²) in [4.78, 5) is 10.8. The van der Waals surface area contributed by atoms with Gasteiger partial charge in [0.25, 0.3) is 0 Å². The van der Waals surface area contributed by atoms with Crippen LogP contribution in [0.3, 0.4) is 0 Å². The second kappa shape index (κ2) is 6.15. The molecule has 5 nitrogen and oxygen atoms in total. The van der Waals surface area contributed by atoms with Gasteiger partial charge >= 0.3 is 10.1 Å². The normalized spacial score (nSPS) is 11.0. The van der Waals surface area contributed by atoms with Crippen LogP contribution < -0.4 is 9.50 Å². The van der Waals surface area contributed by atoms with E-state index >= 15 is 0 Å². The monoisotopic (exact) mass is 323 g/mol. The molecule has 2 aromatic rings. The Balaban J connectivity index is 2.21. The molecule has 0 atom stereocenters. The van der Waals surface area contributed by atoms with Gasteiger partial charge in [-0.3, -0.25) is 4.79 Å². The van der Waals surface area contributed by atoms with E-state index in [1.807, 2.05) is 0 Å². The Labute approximate surface area is 127 Å². The second-order valence-corrected chi connectivity index (χ2v) is 6.20. The average molecular weight is 323 g/mol. The third-order valence-corrected chi connectivity index (χ3v) is 4.04. The van der Waals surface area contributed by atoms with Crippen LogP contribution in [0.25, 0.3) is 0 Å². The number of amides is 1. The molecule has 0 spiro atoms. The Morgan fingerprint density at radius 2 is 1.77 bits per heavy atom. The number of hydrogen-bond donors (Lipinski definition) is 1. The first-order valence-corrected chi connectivity index (χ1v) is 7.77. The van der Waals surface area contributed by atoms with Crippen molar-refractivity contribution >= 4 is 21.7 Å². The summed E-state index contributed by atoms with van der Waals surface area (Å²) in [6, 6.07) is 9.29. The van der Waals surface area contributed by atoms with Crippen LogP contribution in [0.5, 0.6) is 5.75 Å². The summed E-state index contributed by atoms with van der Waals surface area (Å²) >= 11 is 0. The van der Waals surface area contributed by atoms with Crippen molar-refractivity contribution in [3.05, 3.63) is 53.8 Å². The van der Waals surface area contributed by atoms with E-state index in [2.05, 4.69) is 5.32 Å². The Kier molecular flexibility index (Phi) is 4.46. The minimum absolute atomic E-state index is 0.0936. The second-order valence-electron chi connectivity index (χ2n) is 4.65. The summed E-state index contributed by atoms with van der Waals surface area (Å²) in [5.74, 6) is -0.627. The molecule has 0 aliphatic rings. The maximum absolute atomic E-state index is 13.2. The van der Waals surface area contributed by atoms with Crippen LogP contribution in [-0.4, -0.2) is 14.3 Å². The van der Waals surface area contributed by atoms with Gasteiger partial charge < -0.3 is 9.50 Å². The van der Waals surface area contributed by atoms with Gasteiger partial charge in [0.2, 0.25) is 5.91 Å². The topological polar surface area (TPSA) is 72.5 Å². The largest absolute Gasteiger partial charge is 0.379 e. The molecule has 0 aromatic heterocycles. The smallest absolute Gasteiger partial charge is 0.339 e. The minimum Gasteiger partial charge on any atom is -0.379 e. The van der Waals surface area contributed by atoms with Crippen LogP contribution in [0.1, 0.15) is 12.5 Å². The van der Waals surface area contributed by atoms with Crippen LogP contribution in [0.4, 0.5) is 10.1 Å². The molecule has 0 saturated heterocycles. The highest BCUT2D eigenvalue weighted by atomic mass is 32.2. The van der Waals surface area contributed by atoms with Crippen molar-refractivity contribution in [2.24, 2.45) is 0 Å². The third-order valence-electron chi connectivity index (χ3n) is 2.80. The SMILES string of the molecule is CC(=O)Nc1ccc(OS(=O)(=O)c2ccc(F)c(C)c2)cc1. The molecule has 2 rings (SSSR count). The molecular weight excluding hydrogens is 309 g/mol. The van der Waals surface area contributed by atoms with Crippen molar-refractivity contribution in [2.45, 2.75) is 18.7 Å². The lowest BCUT2D eigenvalue weighted by Crippen LogP contribution is -2.10. The Morgan fingerprint density at radius 3 is 2.32 bits per heavy atom. The molecule has 0 unspecified atom stereocenters. The summed E-state index contributed by atoms with van der Waals surface area (Å²) < 4.78 is 42.4. The summed E-state index contributed by atoms with van der Waals surface area (Å²) in [7, 11) is -4.04. The first-order valence-electron chi connectivity index (χ1n) is 6.36. The highest BCUT2D eigenvalue weighted by molar-refractivity contribution is 7.87. The Morgan fingerprint density at radius 1 is 1.14 bits per heavy atom. The number of benzene rings is 2. The van der Waals surface area contributed by atoms with E-state index in [-0.39, 0.29) is 22.1 Å². The molecule has 0 radical (unpaired) electrons. The van der Waals surface area contributed by atoms with Crippen molar-refractivity contribution in [3.63, 3.8) is 0 Å². The number of nitrogens with one attached hydrogen (secondary N) is 1. The zero-order chi connectivity index (χ0) is 16.3. The van der Waals surface area contributed by atoms with Gasteiger partial charge in [0.15, 0.2) is 0 Å². The standard InChI is InChI=1S/C15H14FNO4S/c1-10-9-14(7-8-15(10)16)22(19,20)21-13-5-3-12(4-6-13)17-11(2)18/h3-9H,1-2H3,(H,17,18). The van der Waals surface area contributed by atoms with E-state index in [1.54, 1.807) is 0 Å². The molecule has 1 N–H and O–H groups in total. The number of carbonyl (C=O) groups is 1. The number of aryl methyl sites for hydroxylation is 1. The highest BCUT2D eigenvalue weighted by Gasteiger charge is 2.17. The van der Waals surface area contributed by atoms with E-state index in [1.165, 1.54) is 44.2 Å². The molecule has 0 saturated carbocycles. The maximum Gasteiger partial charge on any atom is 0.339 e. The quantitative estimate of drug-likeness (QED) is 0.878. The number of halogens is 1. The molecular formula is C15H14FNO4S. The lowest BCUT2D eigenvalue weighted by atomic mass is 10.2. The van der Waals surface area contributed by atoms with Gasteiger partial charge in [-0.15, -0.1) is 0 Å². The Hall–Kier alpha value is -2.41. The molecule has 0 bridgehead atoms. The van der Waals surface area contributed by atoms with Gasteiger partial charge in [-0.2, -0.15) is 8.42 Å². The van der Waals surface area contributed by atoms with Gasteiger partial charge in [-0.25, -0.2) is 4.39 Å². The molecule has 2 aromatic carbocycles. The van der Waals surface area contributed by atoms with E-state index in [9.17, 15) is 17.6 Å². The van der Waals surface area contributed by atoms with Gasteiger partial charge in [-0.1, -0.05) is 0 Å². The zero-order valence-corrected chi connectivity index (χ0v) is 12.8. The molecule has 0 aliphatic heterocycles. The van der Waals surface area contributed by atoms with Gasteiger partial charge in [0.1, 0.15) is 16.5 Å². The van der Waals surface area contributed by atoms with Crippen LogP contribution in [-0.2, 0) is 14.9 Å². The van der Waals surface area contributed by atoms with Crippen LogP contribution in [0, 0.1) is 12.7 Å². The minimum atomic E-state index is -4.04. The summed E-state index contributed by atoms with van der Waals surface area (Å²) in [6.45, 7) is 2.84. The summed E-state index contributed by atoms with van der Waals surface area (Å²) in [5, 5.41) is 2.55. The number of anilines is 1. The van der Waals surface area contributed by atoms with E-state index in [0.29, 0.717) is 5.69 Å².